The Bertz CT molecular complexity index is 1160. The minimum Gasteiger partial charge on any atom is -0.497 e. The number of nitrogens with zero attached hydrogens (tertiary/aromatic N) is 2. The zero-order valence-electron chi connectivity index (χ0n) is 18.2. The van der Waals surface area contributed by atoms with Crippen LogP contribution in [0, 0.1) is 17.2 Å². The largest absolute Gasteiger partial charge is 0.497 e. The van der Waals surface area contributed by atoms with Gasteiger partial charge in [-0.2, -0.15) is 5.26 Å². The van der Waals surface area contributed by atoms with Gasteiger partial charge in [-0.1, -0.05) is 48.6 Å². The highest BCUT2D eigenvalue weighted by atomic mass is 16.5. The van der Waals surface area contributed by atoms with Gasteiger partial charge in [-0.05, 0) is 47.0 Å². The van der Waals surface area contributed by atoms with E-state index in [1.807, 2.05) is 30.3 Å². The third-order valence-corrected chi connectivity index (χ3v) is 6.48. The van der Waals surface area contributed by atoms with Gasteiger partial charge < -0.3 is 9.47 Å². The summed E-state index contributed by atoms with van der Waals surface area (Å²) in [6, 6.07) is 24.9. The summed E-state index contributed by atoms with van der Waals surface area (Å²) in [7, 11) is 1.68. The Balaban J connectivity index is 1.22. The molecule has 0 aromatic heterocycles. The van der Waals surface area contributed by atoms with E-state index in [0.717, 1.165) is 43.3 Å². The summed E-state index contributed by atoms with van der Waals surface area (Å²) in [5, 5.41) is 9.26. The number of ether oxygens (including phenoxy) is 2. The Morgan fingerprint density at radius 2 is 1.72 bits per heavy atom. The summed E-state index contributed by atoms with van der Waals surface area (Å²) in [5.74, 6) is 2.75. The molecule has 160 valence electrons. The molecule has 2 heterocycles. The van der Waals surface area contributed by atoms with Crippen molar-refractivity contribution < 1.29 is 9.47 Å². The molecule has 2 unspecified atom stereocenters. The Morgan fingerprint density at radius 3 is 2.41 bits per heavy atom. The van der Waals surface area contributed by atoms with E-state index < -0.39 is 0 Å². The second-order valence-electron chi connectivity index (χ2n) is 8.58. The van der Waals surface area contributed by atoms with Gasteiger partial charge in [0, 0.05) is 37.0 Å². The molecule has 0 bridgehead atoms. The number of rotatable bonds is 5. The number of methoxy groups -OCH3 is 1. The predicted octanol–water partition coefficient (Wildman–Crippen LogP) is 5.35. The molecular formula is C28H26N2O2. The van der Waals surface area contributed by atoms with Crippen LogP contribution in [-0.2, 0) is 6.54 Å². The highest BCUT2D eigenvalue weighted by Crippen LogP contribution is 2.42. The Labute approximate surface area is 189 Å². The molecule has 1 fully saturated rings. The van der Waals surface area contributed by atoms with Crippen molar-refractivity contribution in [1.82, 2.24) is 4.90 Å². The lowest BCUT2D eigenvalue weighted by atomic mass is 9.86. The number of hydrogen-bond donors (Lipinski definition) is 0. The van der Waals surface area contributed by atoms with Crippen LogP contribution in [0.5, 0.6) is 11.5 Å². The van der Waals surface area contributed by atoms with Crippen molar-refractivity contribution in [2.24, 2.45) is 5.92 Å². The lowest BCUT2D eigenvalue weighted by Crippen LogP contribution is -2.25. The minimum atomic E-state index is 0.443. The van der Waals surface area contributed by atoms with E-state index in [1.54, 1.807) is 7.11 Å². The standard InChI is InChI=1S/C28H26N2O2/c1-31-25-11-8-21(9-12-25)3-2-20-4-6-22(7-5-20)16-30-17-24-19-32-28-13-10-23(15-29)14-26(28)27(24)18-30/h2-14,24,27H,16-19H2,1H3. The molecule has 0 saturated carbocycles. The molecule has 2 aliphatic heterocycles. The first-order chi connectivity index (χ1) is 15.7. The molecule has 3 aromatic carbocycles. The Kier molecular flexibility index (Phi) is 5.66. The van der Waals surface area contributed by atoms with Gasteiger partial charge in [-0.3, -0.25) is 4.90 Å². The summed E-state index contributed by atoms with van der Waals surface area (Å²) >= 11 is 0. The average Bonchev–Trinajstić information content (AvgIpc) is 3.26. The molecule has 2 aliphatic rings. The fraction of sp³-hybridized carbons (Fsp3) is 0.250. The fourth-order valence-corrected chi connectivity index (χ4v) is 4.75. The SMILES string of the molecule is COc1ccc(C=Cc2ccc(CN3CC4COc5ccc(C#N)cc5C4C3)cc2)cc1. The van der Waals surface area contributed by atoms with Gasteiger partial charge in [0.2, 0.25) is 0 Å². The second kappa shape index (κ2) is 8.90. The molecule has 1 saturated heterocycles. The summed E-state index contributed by atoms with van der Waals surface area (Å²) in [6.45, 7) is 3.73. The summed E-state index contributed by atoms with van der Waals surface area (Å²) in [5.41, 5.74) is 5.56. The summed E-state index contributed by atoms with van der Waals surface area (Å²) in [4.78, 5) is 2.51. The minimum absolute atomic E-state index is 0.443. The summed E-state index contributed by atoms with van der Waals surface area (Å²) in [6.07, 6.45) is 4.25. The highest BCUT2D eigenvalue weighted by Gasteiger charge is 2.38. The maximum absolute atomic E-state index is 9.26. The Morgan fingerprint density at radius 1 is 1.00 bits per heavy atom. The molecule has 4 heteroatoms. The van der Waals surface area contributed by atoms with Crippen molar-refractivity contribution in [2.75, 3.05) is 26.8 Å². The van der Waals surface area contributed by atoms with Crippen molar-refractivity contribution in [2.45, 2.75) is 12.5 Å². The van der Waals surface area contributed by atoms with E-state index in [2.05, 4.69) is 59.5 Å². The molecule has 4 nitrogen and oxygen atoms in total. The number of likely N-dealkylation sites (tertiary alicyclic amines) is 1. The molecule has 2 atom stereocenters. The average molecular weight is 423 g/mol. The lowest BCUT2D eigenvalue weighted by Gasteiger charge is -2.27. The van der Waals surface area contributed by atoms with Crippen LogP contribution in [0.25, 0.3) is 12.2 Å². The number of nitriles is 1. The second-order valence-corrected chi connectivity index (χ2v) is 8.58. The van der Waals surface area contributed by atoms with E-state index in [0.29, 0.717) is 17.4 Å². The van der Waals surface area contributed by atoms with Crippen LogP contribution in [0.4, 0.5) is 0 Å². The van der Waals surface area contributed by atoms with Crippen LogP contribution in [0.2, 0.25) is 0 Å². The van der Waals surface area contributed by atoms with Crippen molar-refractivity contribution in [1.29, 1.82) is 5.26 Å². The van der Waals surface area contributed by atoms with Gasteiger partial charge in [0.05, 0.1) is 25.3 Å². The van der Waals surface area contributed by atoms with E-state index in [9.17, 15) is 5.26 Å². The van der Waals surface area contributed by atoms with Crippen molar-refractivity contribution in [3.8, 4) is 17.6 Å². The predicted molar refractivity (Wildman–Crippen MR) is 127 cm³/mol. The molecule has 32 heavy (non-hydrogen) atoms. The van der Waals surface area contributed by atoms with Crippen LogP contribution in [-0.4, -0.2) is 31.7 Å². The number of benzene rings is 3. The Hall–Kier alpha value is -3.55. The molecule has 0 amide bonds. The first kappa shape index (κ1) is 20.4. The zero-order valence-corrected chi connectivity index (χ0v) is 18.2. The topological polar surface area (TPSA) is 45.5 Å². The van der Waals surface area contributed by atoms with Crippen molar-refractivity contribution in [3.63, 3.8) is 0 Å². The monoisotopic (exact) mass is 422 g/mol. The van der Waals surface area contributed by atoms with E-state index >= 15 is 0 Å². The molecule has 0 spiro atoms. The van der Waals surface area contributed by atoms with Crippen LogP contribution < -0.4 is 9.47 Å². The van der Waals surface area contributed by atoms with E-state index in [-0.39, 0.29) is 0 Å². The third kappa shape index (κ3) is 4.26. The van der Waals surface area contributed by atoms with E-state index in [4.69, 9.17) is 9.47 Å². The summed E-state index contributed by atoms with van der Waals surface area (Å²) < 4.78 is 11.2. The van der Waals surface area contributed by atoms with Gasteiger partial charge in [0.25, 0.3) is 0 Å². The third-order valence-electron chi connectivity index (χ3n) is 6.48. The van der Waals surface area contributed by atoms with Gasteiger partial charge in [-0.25, -0.2) is 0 Å². The normalized spacial score (nSPS) is 19.8. The maximum atomic E-state index is 9.26. The molecule has 3 aromatic rings. The van der Waals surface area contributed by atoms with Crippen LogP contribution in [0.3, 0.4) is 0 Å². The molecule has 0 N–H and O–H groups in total. The smallest absolute Gasteiger partial charge is 0.122 e. The fourth-order valence-electron chi connectivity index (χ4n) is 4.75. The molecule has 0 radical (unpaired) electrons. The molecule has 5 rings (SSSR count). The molecular weight excluding hydrogens is 396 g/mol. The van der Waals surface area contributed by atoms with Crippen LogP contribution in [0.15, 0.2) is 66.7 Å². The zero-order chi connectivity index (χ0) is 21.9. The van der Waals surface area contributed by atoms with Gasteiger partial charge in [-0.15, -0.1) is 0 Å². The quantitative estimate of drug-likeness (QED) is 0.520. The van der Waals surface area contributed by atoms with E-state index in [1.165, 1.54) is 16.7 Å². The first-order valence-electron chi connectivity index (χ1n) is 11.0. The van der Waals surface area contributed by atoms with Crippen molar-refractivity contribution >= 4 is 12.2 Å². The van der Waals surface area contributed by atoms with Crippen LogP contribution >= 0.6 is 0 Å². The number of hydrogen-bond acceptors (Lipinski definition) is 4. The van der Waals surface area contributed by atoms with Crippen LogP contribution in [0.1, 0.15) is 33.7 Å². The molecule has 0 aliphatic carbocycles. The number of fused-ring (bicyclic) bond motifs is 3. The van der Waals surface area contributed by atoms with Gasteiger partial charge in [0.1, 0.15) is 11.5 Å². The lowest BCUT2D eigenvalue weighted by molar-refractivity contribution is 0.212. The first-order valence-corrected chi connectivity index (χ1v) is 11.0. The van der Waals surface area contributed by atoms with Gasteiger partial charge in [0.15, 0.2) is 0 Å². The van der Waals surface area contributed by atoms with Gasteiger partial charge >= 0.3 is 0 Å². The maximum Gasteiger partial charge on any atom is 0.122 e. The van der Waals surface area contributed by atoms with Crippen molar-refractivity contribution in [3.05, 3.63) is 94.5 Å². The highest BCUT2D eigenvalue weighted by molar-refractivity contribution is 5.69.